The van der Waals surface area contributed by atoms with Crippen LogP contribution in [0.25, 0.3) is 0 Å². The normalized spacial score (nSPS) is 13.3. The molecular weight excluding hydrogens is 206 g/mol. The van der Waals surface area contributed by atoms with Crippen molar-refractivity contribution in [3.63, 3.8) is 0 Å². The van der Waals surface area contributed by atoms with Crippen LogP contribution in [0, 0.1) is 0 Å². The van der Waals surface area contributed by atoms with Gasteiger partial charge >= 0.3 is 18.0 Å². The number of nitrogens with two attached hydrogens (primary N) is 1. The average Bonchev–Trinajstić information content (AvgIpc) is 2.47. The molecular formula is C7H7N3O5. The van der Waals surface area contributed by atoms with Crippen LogP contribution in [0.15, 0.2) is 22.1 Å². The van der Waals surface area contributed by atoms with Gasteiger partial charge in [-0.1, -0.05) is 0 Å². The SMILES string of the molecule is NC1=NC(=O)N=C1.O=C(O)/C=C\C(=O)O. The zero-order chi connectivity index (χ0) is 11.8. The number of aliphatic carboxylic acids is 2. The first-order chi connectivity index (χ1) is 6.91. The van der Waals surface area contributed by atoms with Crippen molar-refractivity contribution in [2.75, 3.05) is 0 Å². The molecule has 0 aromatic carbocycles. The number of rotatable bonds is 2. The highest BCUT2D eigenvalue weighted by Gasteiger charge is 2.00. The highest BCUT2D eigenvalue weighted by molar-refractivity contribution is 6.35. The molecule has 15 heavy (non-hydrogen) atoms. The molecule has 0 radical (unpaired) electrons. The fourth-order valence-corrected chi connectivity index (χ4v) is 0.432. The van der Waals surface area contributed by atoms with Crippen molar-refractivity contribution in [1.82, 2.24) is 0 Å². The Hall–Kier alpha value is -2.51. The summed E-state index contributed by atoms with van der Waals surface area (Å²) in [6.45, 7) is 0. The molecule has 0 saturated carbocycles. The van der Waals surface area contributed by atoms with Crippen LogP contribution in [0.3, 0.4) is 0 Å². The molecule has 80 valence electrons. The lowest BCUT2D eigenvalue weighted by Gasteiger charge is -1.74. The fraction of sp³-hybridized carbons (Fsp3) is 0. The van der Waals surface area contributed by atoms with Crippen LogP contribution in [0.5, 0.6) is 0 Å². The van der Waals surface area contributed by atoms with Crippen molar-refractivity contribution in [1.29, 1.82) is 0 Å². The second-order valence-electron chi connectivity index (χ2n) is 2.09. The smallest absolute Gasteiger partial charge is 0.369 e. The Morgan fingerprint density at radius 3 is 1.87 bits per heavy atom. The molecule has 0 atom stereocenters. The Bertz CT molecular complexity index is 353. The molecule has 0 fully saturated rings. The Balaban J connectivity index is 0.000000262. The van der Waals surface area contributed by atoms with E-state index in [1.54, 1.807) is 0 Å². The van der Waals surface area contributed by atoms with Crippen LogP contribution in [-0.4, -0.2) is 40.2 Å². The van der Waals surface area contributed by atoms with E-state index in [2.05, 4.69) is 9.98 Å². The van der Waals surface area contributed by atoms with Crippen LogP contribution in [0.1, 0.15) is 0 Å². The van der Waals surface area contributed by atoms with Crippen LogP contribution < -0.4 is 5.73 Å². The van der Waals surface area contributed by atoms with Crippen molar-refractivity contribution in [2.24, 2.45) is 15.7 Å². The van der Waals surface area contributed by atoms with Gasteiger partial charge in [0.15, 0.2) is 0 Å². The zero-order valence-electron chi connectivity index (χ0n) is 7.32. The number of carboxylic acid groups (broad SMARTS) is 2. The van der Waals surface area contributed by atoms with Gasteiger partial charge in [-0.15, -0.1) is 0 Å². The van der Waals surface area contributed by atoms with Gasteiger partial charge in [-0.25, -0.2) is 14.4 Å². The molecule has 1 aliphatic heterocycles. The summed E-state index contributed by atoms with van der Waals surface area (Å²) in [5.74, 6) is -2.33. The predicted molar refractivity (Wildman–Crippen MR) is 49.9 cm³/mol. The highest BCUT2D eigenvalue weighted by Crippen LogP contribution is 1.85. The molecule has 0 spiro atoms. The number of hydrogen-bond acceptors (Lipinski definition) is 4. The lowest BCUT2D eigenvalue weighted by Crippen LogP contribution is -2.08. The van der Waals surface area contributed by atoms with Gasteiger partial charge in [0.05, 0.1) is 6.21 Å². The van der Waals surface area contributed by atoms with Crippen molar-refractivity contribution >= 4 is 30.0 Å². The summed E-state index contributed by atoms with van der Waals surface area (Å²) >= 11 is 0. The quantitative estimate of drug-likeness (QED) is 0.515. The van der Waals surface area contributed by atoms with E-state index in [0.717, 1.165) is 0 Å². The van der Waals surface area contributed by atoms with Crippen LogP contribution >= 0.6 is 0 Å². The van der Waals surface area contributed by atoms with Gasteiger partial charge in [0.2, 0.25) is 0 Å². The molecule has 2 amide bonds. The Kier molecular flexibility index (Phi) is 5.01. The monoisotopic (exact) mass is 213 g/mol. The Morgan fingerprint density at radius 1 is 1.27 bits per heavy atom. The standard InChI is InChI=1S/C4H4O4.C3H3N3O/c5-3(6)1-2-4(7)8;4-2-1-5-3(7)6-2/h1-2H,(H,5,6)(H,7,8);1H,(H2,4,6,7)/b2-1-;. The molecule has 0 bridgehead atoms. The van der Waals surface area contributed by atoms with E-state index in [9.17, 15) is 14.4 Å². The van der Waals surface area contributed by atoms with E-state index in [0.29, 0.717) is 12.2 Å². The van der Waals surface area contributed by atoms with Gasteiger partial charge in [-0.05, 0) is 0 Å². The first kappa shape index (κ1) is 12.5. The Morgan fingerprint density at radius 2 is 1.73 bits per heavy atom. The molecule has 1 heterocycles. The van der Waals surface area contributed by atoms with E-state index in [1.165, 1.54) is 6.21 Å². The van der Waals surface area contributed by atoms with Gasteiger partial charge in [0.1, 0.15) is 5.84 Å². The second-order valence-corrected chi connectivity index (χ2v) is 2.09. The molecule has 0 unspecified atom stereocenters. The second kappa shape index (κ2) is 6.02. The van der Waals surface area contributed by atoms with E-state index < -0.39 is 18.0 Å². The van der Waals surface area contributed by atoms with Gasteiger partial charge in [0, 0.05) is 12.2 Å². The summed E-state index contributed by atoms with van der Waals surface area (Å²) in [5.41, 5.74) is 5.00. The maximum absolute atomic E-state index is 9.99. The zero-order valence-corrected chi connectivity index (χ0v) is 7.32. The number of carbonyl (C=O) groups is 3. The predicted octanol–water partition coefficient (Wildman–Crippen LogP) is -0.740. The average molecular weight is 213 g/mol. The van der Waals surface area contributed by atoms with E-state index in [1.807, 2.05) is 0 Å². The van der Waals surface area contributed by atoms with Crippen LogP contribution in [-0.2, 0) is 9.59 Å². The maximum atomic E-state index is 9.99. The summed E-state index contributed by atoms with van der Waals surface area (Å²) in [6.07, 6.45) is 2.34. The van der Waals surface area contributed by atoms with Gasteiger partial charge in [-0.3, -0.25) is 0 Å². The lowest BCUT2D eigenvalue weighted by atomic mass is 10.5. The number of hydrogen-bond donors (Lipinski definition) is 3. The first-order valence-corrected chi connectivity index (χ1v) is 3.48. The molecule has 8 heteroatoms. The van der Waals surface area contributed by atoms with Crippen molar-refractivity contribution in [3.8, 4) is 0 Å². The minimum atomic E-state index is -1.26. The van der Waals surface area contributed by atoms with Crippen molar-refractivity contribution < 1.29 is 24.6 Å². The van der Waals surface area contributed by atoms with E-state index in [4.69, 9.17) is 15.9 Å². The fourth-order valence-electron chi connectivity index (χ4n) is 0.432. The Labute approximate surface area is 83.4 Å². The number of nitrogens with zero attached hydrogens (tertiary/aromatic N) is 2. The number of aliphatic imine (C=N–C) groups is 2. The number of carbonyl (C=O) groups excluding carboxylic acids is 1. The number of carboxylic acids is 2. The summed E-state index contributed by atoms with van der Waals surface area (Å²) in [7, 11) is 0. The summed E-state index contributed by atoms with van der Waals surface area (Å²) < 4.78 is 0. The third-order valence-corrected chi connectivity index (χ3v) is 0.900. The number of amides is 2. The third-order valence-electron chi connectivity index (χ3n) is 0.900. The molecule has 0 aromatic heterocycles. The summed E-state index contributed by atoms with van der Waals surface area (Å²) in [6, 6.07) is -0.516. The minimum absolute atomic E-state index is 0.185. The van der Waals surface area contributed by atoms with Crippen LogP contribution in [0.2, 0.25) is 0 Å². The molecule has 1 rings (SSSR count). The third kappa shape index (κ3) is 7.84. The molecule has 1 aliphatic rings. The summed E-state index contributed by atoms with van der Waals surface area (Å²) in [5, 5.41) is 15.6. The summed E-state index contributed by atoms with van der Waals surface area (Å²) in [4.78, 5) is 35.5. The largest absolute Gasteiger partial charge is 0.478 e. The molecule has 0 aliphatic carbocycles. The molecule has 8 nitrogen and oxygen atoms in total. The van der Waals surface area contributed by atoms with E-state index >= 15 is 0 Å². The van der Waals surface area contributed by atoms with Crippen molar-refractivity contribution in [3.05, 3.63) is 12.2 Å². The van der Waals surface area contributed by atoms with Crippen LogP contribution in [0.4, 0.5) is 4.79 Å². The van der Waals surface area contributed by atoms with Gasteiger partial charge < -0.3 is 15.9 Å². The van der Waals surface area contributed by atoms with E-state index in [-0.39, 0.29) is 5.84 Å². The topological polar surface area (TPSA) is 142 Å². The lowest BCUT2D eigenvalue weighted by molar-refractivity contribution is -0.134. The van der Waals surface area contributed by atoms with Gasteiger partial charge in [0.25, 0.3) is 0 Å². The molecule has 4 N–H and O–H groups in total. The highest BCUT2D eigenvalue weighted by atomic mass is 16.4. The number of amidine groups is 1. The molecule has 0 aromatic rings. The van der Waals surface area contributed by atoms with Crippen molar-refractivity contribution in [2.45, 2.75) is 0 Å². The molecule has 0 saturated heterocycles. The number of urea groups is 1. The van der Waals surface area contributed by atoms with Gasteiger partial charge in [-0.2, -0.15) is 9.98 Å². The first-order valence-electron chi connectivity index (χ1n) is 3.48. The minimum Gasteiger partial charge on any atom is -0.478 e. The maximum Gasteiger partial charge on any atom is 0.369 e.